The summed E-state index contributed by atoms with van der Waals surface area (Å²) in [6.45, 7) is 24.2. The number of carbonyl (C=O) groups is 10. The van der Waals surface area contributed by atoms with Crippen molar-refractivity contribution in [2.45, 2.75) is 270 Å². The standard InChI is InChI=1S/C18H24N4O4.C18H26N4O4.C17H30N2O4S.C16H29N3O4S.C15H26N2O3S.5CH4/c1-12(2)5-8-22-14-4-3-13(17(22)25)9-21(10-14)16(24)11-20-7-6-15(23)19-18(20)26;1-11(2)14-10-21(6-5-15(23)22(14)9-12-3-4-12)16(24)7-13-8-19-18(26)20-17(13)25;1-3-4-10-19-15-9-11-18(13-14(15)7-8-17(19)21)16(20)6-5-12-24(2,22)23;1-12(2)10-19-14-7-8-18(11-13(14)5-6-16(19)21)15(20)4-3-9-24(17,22)23;1-21-11-15(20)16-8-6-13-12(10-16)4-5-14(19)17(13)7-2-3-9-18;;;;;/h5-7,13-14H,3-4,8-11H2,1-2H3,(H,19,23,26);8,11-12,14H,3-7,9-10H2,1-2H3,(H2,19,20,25,26);14-15H,3-13H2,1-2H3;12-14H,3-11H2,1-2H3,(H2,17,22,23);12-13,18H,2-11H2,1H3;5*1H4/t13-,14+;;14-,15+;13-,14+;12-,13-;;;;;/m1.110...../s1. The Morgan fingerprint density at radius 1 is 0.571 bits per heavy atom. The van der Waals surface area contributed by atoms with E-state index in [4.69, 9.17) is 10.2 Å². The second-order valence-electron chi connectivity index (χ2n) is 35.4. The molecule has 6 N–H and O–H groups in total. The number of H-pyrrole nitrogens is 3. The van der Waals surface area contributed by atoms with Crippen LogP contribution >= 0.6 is 11.8 Å². The van der Waals surface area contributed by atoms with Gasteiger partial charge >= 0.3 is 11.4 Å². The normalized spacial score (nSPS) is 22.8. The number of rotatable bonds is 28. The predicted octanol–water partition coefficient (Wildman–Crippen LogP) is 6.20. The minimum atomic E-state index is -3.51. The Bertz CT molecular complexity index is 4410. The fourth-order valence-corrected chi connectivity index (χ4v) is 19.8. The highest BCUT2D eigenvalue weighted by Gasteiger charge is 2.46. The van der Waals surface area contributed by atoms with Crippen LogP contribution in [0.15, 0.2) is 49.3 Å². The third-order valence-corrected chi connectivity index (χ3v) is 27.3. The SMILES string of the molecule is C.C.C.C.C.CC(C)=CCN1C(=O)[C@@H]2CC[C@H]1CN(C(=O)Cn1ccc(=O)[nH]c1=O)C2.CC(C)C1CN(C(=O)Cc2c[nH]c(=O)[nH]c2=O)CCC(=O)N1CC1CC1.CC(C)CN1C(=O)CC[C@@H]2CN(C(=O)CCCS(N)(=O)=O)CC[C@@H]21.CCCCN1C(=O)CC[C@@H]2CN(C(=O)CCCS(C)(=O)=O)CC[C@@H]21.CSCC(=O)N1CC[C@H]2[C@@H](CCC(=O)N2CCCCO)C1. The number of sulfonamides is 1. The zero-order chi connectivity index (χ0) is 88.6. The van der Waals surface area contributed by atoms with Gasteiger partial charge in [0.05, 0.1) is 35.6 Å². The summed E-state index contributed by atoms with van der Waals surface area (Å²) in [6, 6.07) is 2.02. The van der Waals surface area contributed by atoms with Gasteiger partial charge in [-0.15, -0.1) is 0 Å². The van der Waals surface area contributed by atoms with E-state index < -0.39 is 42.4 Å². The number of aliphatic hydroxyl groups is 1. The third-order valence-electron chi connectivity index (χ3n) is 24.9. The van der Waals surface area contributed by atoms with Crippen molar-refractivity contribution in [1.29, 1.82) is 0 Å². The number of aromatic amines is 3. The molecule has 0 aromatic carbocycles. The molecule has 1 saturated carbocycles. The molecule has 12 heterocycles. The molecular formula is C89H155N15O19S3. The summed E-state index contributed by atoms with van der Waals surface area (Å²) in [6.07, 6.45) is 23.8. The second-order valence-corrected chi connectivity index (χ2v) is 40.3. The van der Waals surface area contributed by atoms with E-state index in [1.54, 1.807) is 21.6 Å². The van der Waals surface area contributed by atoms with Gasteiger partial charge in [-0.1, -0.05) is 89.8 Å². The molecule has 1 unspecified atom stereocenters. The number of aromatic nitrogens is 4. The van der Waals surface area contributed by atoms with Crippen LogP contribution in [0.5, 0.6) is 0 Å². The summed E-state index contributed by atoms with van der Waals surface area (Å²) in [4.78, 5) is 195. The maximum Gasteiger partial charge on any atom is 0.328 e. The lowest BCUT2D eigenvalue weighted by molar-refractivity contribution is -0.146. The highest BCUT2D eigenvalue weighted by Crippen LogP contribution is 2.37. The van der Waals surface area contributed by atoms with E-state index in [-0.39, 0.29) is 182 Å². The monoisotopic (exact) mass is 1830 g/mol. The van der Waals surface area contributed by atoms with E-state index in [0.29, 0.717) is 139 Å². The number of amides is 10. The summed E-state index contributed by atoms with van der Waals surface area (Å²) in [5.74, 6) is 3.48. The van der Waals surface area contributed by atoms with Crippen molar-refractivity contribution in [3.05, 3.63) is 77.3 Å². The van der Waals surface area contributed by atoms with Gasteiger partial charge in [-0.25, -0.2) is 31.6 Å². The Morgan fingerprint density at radius 3 is 1.59 bits per heavy atom. The number of nitrogens with two attached hydrogens (primary N) is 1. The van der Waals surface area contributed by atoms with Crippen LogP contribution in [0.3, 0.4) is 0 Å². The first kappa shape index (κ1) is 112. The Kier molecular flexibility index (Phi) is 47.3. The Balaban J connectivity index is 0.000000403. The fourth-order valence-electron chi connectivity index (χ4n) is 18.1. The van der Waals surface area contributed by atoms with Gasteiger partial charge in [0.2, 0.25) is 69.1 Å². The minimum Gasteiger partial charge on any atom is -0.396 e. The van der Waals surface area contributed by atoms with Crippen LogP contribution < -0.4 is 27.6 Å². The van der Waals surface area contributed by atoms with E-state index in [1.807, 2.05) is 65.4 Å². The van der Waals surface area contributed by atoms with Gasteiger partial charge in [0.1, 0.15) is 16.4 Å². The number of primary sulfonamides is 1. The number of carbonyl (C=O) groups excluding carboxylic acids is 10. The number of nitrogens with zero attached hydrogens (tertiary/aromatic N) is 11. The molecule has 0 radical (unpaired) electrons. The molecule has 10 aliphatic heterocycles. The molecule has 9 atom stereocenters. The summed E-state index contributed by atoms with van der Waals surface area (Å²) in [5, 5.41) is 13.9. The van der Waals surface area contributed by atoms with Gasteiger partial charge in [-0.05, 0) is 152 Å². The summed E-state index contributed by atoms with van der Waals surface area (Å²) >= 11 is 1.57. The first-order chi connectivity index (χ1) is 57.3. The Morgan fingerprint density at radius 2 is 1.10 bits per heavy atom. The molecule has 34 nitrogen and oxygen atoms in total. The smallest absolute Gasteiger partial charge is 0.328 e. The number of likely N-dealkylation sites (tertiary alicyclic amines) is 6. The number of aliphatic hydroxyl groups excluding tert-OH is 1. The zero-order valence-corrected chi connectivity index (χ0v) is 75.1. The average Bonchev–Trinajstić information content (AvgIpc) is 1.17. The number of sulfone groups is 1. The van der Waals surface area contributed by atoms with E-state index >= 15 is 0 Å². The lowest BCUT2D eigenvalue weighted by atomic mass is 9.83. The Labute approximate surface area is 753 Å². The molecule has 10 saturated heterocycles. The molecule has 11 aliphatic rings. The molecule has 1 aliphatic carbocycles. The van der Waals surface area contributed by atoms with E-state index in [1.165, 1.54) is 42.1 Å². The summed E-state index contributed by atoms with van der Waals surface area (Å²) < 4.78 is 45.4. The molecule has 2 aromatic rings. The van der Waals surface area contributed by atoms with E-state index in [2.05, 4.69) is 49.6 Å². The van der Waals surface area contributed by atoms with Gasteiger partial charge in [0.25, 0.3) is 11.1 Å². The number of unbranched alkanes of at least 4 members (excludes halogenated alkanes) is 2. The number of fused-ring (bicyclic) bond motifs is 7. The molecule has 37 heteroatoms. The number of thioether (sulfide) groups is 1. The first-order valence-corrected chi connectivity index (χ1v) is 48.9. The zero-order valence-electron chi connectivity index (χ0n) is 72.7. The van der Waals surface area contributed by atoms with Crippen molar-refractivity contribution < 1.29 is 69.9 Å². The van der Waals surface area contributed by atoms with Gasteiger partial charge in [0.15, 0.2) is 0 Å². The second kappa shape index (κ2) is 53.2. The lowest BCUT2D eigenvalue weighted by Gasteiger charge is -2.47. The van der Waals surface area contributed by atoms with Crippen LogP contribution in [0.1, 0.15) is 232 Å². The highest BCUT2D eigenvalue weighted by atomic mass is 32.2. The molecule has 2 aromatic heterocycles. The van der Waals surface area contributed by atoms with Gasteiger partial charge < -0.3 is 59.1 Å². The molecular weight excluding hydrogens is 1680 g/mol. The molecule has 0 spiro atoms. The lowest BCUT2D eigenvalue weighted by Crippen LogP contribution is -2.57. The topological polar surface area (TPSA) is 438 Å². The van der Waals surface area contributed by atoms with Crippen molar-refractivity contribution >= 4 is 90.7 Å². The van der Waals surface area contributed by atoms with Crippen molar-refractivity contribution in [2.24, 2.45) is 46.6 Å². The number of hydrogen-bond acceptors (Lipinski definition) is 20. The molecule has 13 rings (SSSR count). The van der Waals surface area contributed by atoms with Crippen LogP contribution in [0, 0.1) is 41.4 Å². The van der Waals surface area contributed by atoms with Gasteiger partial charge in [-0.2, -0.15) is 11.8 Å². The number of allylic oxidation sites excluding steroid dienone is 1. The fraction of sp³-hybridized carbons (Fsp3) is 0.775. The largest absolute Gasteiger partial charge is 0.396 e. The maximum absolute atomic E-state index is 12.7. The number of piperidine rings is 7. The predicted molar refractivity (Wildman–Crippen MR) is 494 cm³/mol. The first-order valence-electron chi connectivity index (χ1n) is 43.7. The maximum atomic E-state index is 12.7. The van der Waals surface area contributed by atoms with Crippen molar-refractivity contribution in [2.75, 3.05) is 135 Å². The van der Waals surface area contributed by atoms with Gasteiger partial charge in [0, 0.05) is 198 Å². The van der Waals surface area contributed by atoms with Crippen LogP contribution in [0.2, 0.25) is 0 Å². The molecule has 10 amide bonds. The van der Waals surface area contributed by atoms with Crippen molar-refractivity contribution in [1.82, 2.24) is 68.5 Å². The van der Waals surface area contributed by atoms with Crippen molar-refractivity contribution in [3.8, 4) is 0 Å². The van der Waals surface area contributed by atoms with Crippen molar-refractivity contribution in [3.63, 3.8) is 0 Å². The molecule has 2 bridgehead atoms. The highest BCUT2D eigenvalue weighted by molar-refractivity contribution is 7.99. The third kappa shape index (κ3) is 34.1. The molecule has 718 valence electrons. The van der Waals surface area contributed by atoms with Gasteiger partial charge in [-0.3, -0.25) is 72.1 Å². The number of hydrogen-bond donors (Lipinski definition) is 5. The summed E-state index contributed by atoms with van der Waals surface area (Å²) in [7, 11) is -6.52. The molecule has 126 heavy (non-hydrogen) atoms. The van der Waals surface area contributed by atoms with Crippen LogP contribution in [0.4, 0.5) is 0 Å². The minimum absolute atomic E-state index is 0. The van der Waals surface area contributed by atoms with E-state index in [9.17, 15) is 84.0 Å². The Hall–Kier alpha value is -8.03. The van der Waals surface area contributed by atoms with Crippen LogP contribution in [-0.2, 0) is 80.8 Å². The van der Waals surface area contributed by atoms with E-state index in [0.717, 1.165) is 122 Å². The molecule has 11 fully saturated rings. The van der Waals surface area contributed by atoms with Crippen LogP contribution in [0.25, 0.3) is 0 Å². The number of nitrogens with one attached hydrogen (secondary N) is 3. The quantitative estimate of drug-likeness (QED) is 0.0468. The van der Waals surface area contributed by atoms with Crippen LogP contribution in [-0.4, -0.2) is 314 Å². The summed E-state index contributed by atoms with van der Waals surface area (Å²) in [5.41, 5.74) is -0.868. The average molecular weight is 1840 g/mol.